The van der Waals surface area contributed by atoms with Gasteiger partial charge in [0.15, 0.2) is 0 Å². The first-order valence-electron chi connectivity index (χ1n) is 5.56. The minimum Gasteiger partial charge on any atom is -0.380 e. The van der Waals surface area contributed by atoms with Crippen LogP contribution in [0.25, 0.3) is 0 Å². The second kappa shape index (κ2) is 4.86. The van der Waals surface area contributed by atoms with E-state index in [4.69, 9.17) is 11.6 Å². The number of aromatic nitrogens is 1. The maximum atomic E-state index is 10.8. The molecule has 0 aliphatic carbocycles. The highest BCUT2D eigenvalue weighted by molar-refractivity contribution is 6.30. The average Bonchev–Trinajstić information content (AvgIpc) is 2.40. The van der Waals surface area contributed by atoms with Crippen LogP contribution in [0.3, 0.4) is 0 Å². The van der Waals surface area contributed by atoms with Gasteiger partial charge in [-0.15, -0.1) is 0 Å². The monoisotopic (exact) mass is 247 g/mol. The third-order valence-electron chi connectivity index (χ3n) is 2.99. The molecule has 1 aromatic heterocycles. The zero-order valence-electron chi connectivity index (χ0n) is 9.60. The Kier molecular flexibility index (Phi) is 3.46. The lowest BCUT2D eigenvalue weighted by Gasteiger charge is -2.27. The molecule has 0 aliphatic heterocycles. The zero-order chi connectivity index (χ0) is 12.3. The van der Waals surface area contributed by atoms with Crippen LogP contribution < -0.4 is 0 Å². The van der Waals surface area contributed by atoms with E-state index in [1.54, 1.807) is 24.5 Å². The summed E-state index contributed by atoms with van der Waals surface area (Å²) in [6.07, 6.45) is 3.97. The molecule has 0 saturated carbocycles. The van der Waals surface area contributed by atoms with Crippen molar-refractivity contribution in [2.45, 2.75) is 18.9 Å². The Morgan fingerprint density at radius 1 is 1.06 bits per heavy atom. The fourth-order valence-corrected chi connectivity index (χ4v) is 2.05. The number of hydrogen-bond donors (Lipinski definition) is 1. The van der Waals surface area contributed by atoms with Gasteiger partial charge in [-0.2, -0.15) is 0 Å². The van der Waals surface area contributed by atoms with Crippen LogP contribution in [0, 0.1) is 0 Å². The van der Waals surface area contributed by atoms with Gasteiger partial charge in [0.2, 0.25) is 0 Å². The normalized spacial score (nSPS) is 14.3. The van der Waals surface area contributed by atoms with Crippen molar-refractivity contribution < 1.29 is 5.11 Å². The molecule has 0 fully saturated rings. The third-order valence-corrected chi connectivity index (χ3v) is 3.24. The Balaban J connectivity index is 2.48. The molecule has 88 valence electrons. The molecule has 1 aromatic carbocycles. The first kappa shape index (κ1) is 12.1. The predicted octanol–water partition coefficient (Wildman–Crippen LogP) is 3.38. The van der Waals surface area contributed by atoms with Gasteiger partial charge in [-0.25, -0.2) is 0 Å². The topological polar surface area (TPSA) is 33.1 Å². The lowest BCUT2D eigenvalue weighted by atomic mass is 9.85. The van der Waals surface area contributed by atoms with Gasteiger partial charge in [0.05, 0.1) is 0 Å². The van der Waals surface area contributed by atoms with E-state index in [2.05, 4.69) is 4.98 Å². The van der Waals surface area contributed by atoms with Crippen molar-refractivity contribution in [3.63, 3.8) is 0 Å². The highest BCUT2D eigenvalue weighted by atomic mass is 35.5. The van der Waals surface area contributed by atoms with Crippen molar-refractivity contribution >= 4 is 11.6 Å². The quantitative estimate of drug-likeness (QED) is 0.902. The molecule has 17 heavy (non-hydrogen) atoms. The van der Waals surface area contributed by atoms with Gasteiger partial charge in [0.1, 0.15) is 5.60 Å². The second-order valence-corrected chi connectivity index (χ2v) is 4.39. The predicted molar refractivity (Wildman–Crippen MR) is 69.0 cm³/mol. The summed E-state index contributed by atoms with van der Waals surface area (Å²) in [5.41, 5.74) is 0.709. The Morgan fingerprint density at radius 3 is 2.12 bits per heavy atom. The first-order valence-corrected chi connectivity index (χ1v) is 5.93. The van der Waals surface area contributed by atoms with E-state index < -0.39 is 5.60 Å². The molecule has 1 atom stereocenters. The van der Waals surface area contributed by atoms with Crippen molar-refractivity contribution in [1.29, 1.82) is 0 Å². The molecule has 0 unspecified atom stereocenters. The number of nitrogens with zero attached hydrogens (tertiary/aromatic N) is 1. The molecule has 2 aromatic rings. The first-order chi connectivity index (χ1) is 8.16. The van der Waals surface area contributed by atoms with Crippen LogP contribution >= 0.6 is 11.6 Å². The largest absolute Gasteiger partial charge is 0.380 e. The van der Waals surface area contributed by atoms with Gasteiger partial charge in [-0.3, -0.25) is 4.98 Å². The summed E-state index contributed by atoms with van der Waals surface area (Å²) >= 11 is 5.86. The fraction of sp³-hybridized carbons (Fsp3) is 0.214. The molecule has 0 saturated heterocycles. The highest BCUT2D eigenvalue weighted by Gasteiger charge is 2.29. The molecule has 0 spiro atoms. The van der Waals surface area contributed by atoms with Crippen LogP contribution in [-0.2, 0) is 5.60 Å². The van der Waals surface area contributed by atoms with Crippen molar-refractivity contribution in [2.75, 3.05) is 0 Å². The molecule has 1 N–H and O–H groups in total. The molecular weight excluding hydrogens is 234 g/mol. The number of halogens is 1. The number of hydrogen-bond acceptors (Lipinski definition) is 2. The Labute approximate surface area is 106 Å². The average molecular weight is 248 g/mol. The summed E-state index contributed by atoms with van der Waals surface area (Å²) in [4.78, 5) is 3.97. The summed E-state index contributed by atoms with van der Waals surface area (Å²) < 4.78 is 0. The molecule has 0 aliphatic rings. The van der Waals surface area contributed by atoms with Crippen LogP contribution in [0.5, 0.6) is 0 Å². The van der Waals surface area contributed by atoms with Gasteiger partial charge < -0.3 is 5.11 Å². The molecule has 1 heterocycles. The zero-order valence-corrected chi connectivity index (χ0v) is 10.4. The van der Waals surface area contributed by atoms with Crippen molar-refractivity contribution in [1.82, 2.24) is 4.98 Å². The maximum absolute atomic E-state index is 10.8. The molecule has 0 radical (unpaired) electrons. The van der Waals surface area contributed by atoms with Gasteiger partial charge in [-0.1, -0.05) is 30.7 Å². The van der Waals surface area contributed by atoms with E-state index in [0.29, 0.717) is 11.4 Å². The van der Waals surface area contributed by atoms with Gasteiger partial charge in [0.25, 0.3) is 0 Å². The molecular formula is C14H14ClNO. The summed E-state index contributed by atoms with van der Waals surface area (Å²) in [5, 5.41) is 11.5. The summed E-state index contributed by atoms with van der Waals surface area (Å²) in [6, 6.07) is 11.0. The van der Waals surface area contributed by atoms with Crippen LogP contribution in [0.2, 0.25) is 5.02 Å². The van der Waals surface area contributed by atoms with Crippen LogP contribution in [0.1, 0.15) is 24.5 Å². The Hall–Kier alpha value is -1.38. The van der Waals surface area contributed by atoms with Crippen molar-refractivity contribution in [3.05, 3.63) is 64.9 Å². The van der Waals surface area contributed by atoms with E-state index in [9.17, 15) is 5.11 Å². The van der Waals surface area contributed by atoms with E-state index in [-0.39, 0.29) is 0 Å². The lowest BCUT2D eigenvalue weighted by Crippen LogP contribution is -2.26. The second-order valence-electron chi connectivity index (χ2n) is 3.96. The number of rotatable bonds is 3. The SMILES string of the molecule is CC[C@](O)(c1ccncc1)c1ccc(Cl)cc1. The molecule has 3 heteroatoms. The number of benzene rings is 1. The third kappa shape index (κ3) is 2.33. The van der Waals surface area contributed by atoms with Gasteiger partial charge in [0, 0.05) is 17.4 Å². The van der Waals surface area contributed by atoms with E-state index >= 15 is 0 Å². The van der Waals surface area contributed by atoms with Crippen molar-refractivity contribution in [2.24, 2.45) is 0 Å². The fourth-order valence-electron chi connectivity index (χ4n) is 1.93. The number of pyridine rings is 1. The molecule has 2 rings (SSSR count). The lowest BCUT2D eigenvalue weighted by molar-refractivity contribution is 0.0764. The van der Waals surface area contributed by atoms with Gasteiger partial charge in [-0.05, 0) is 41.8 Å². The van der Waals surface area contributed by atoms with E-state index in [1.165, 1.54) is 0 Å². The van der Waals surface area contributed by atoms with Crippen LogP contribution in [0.4, 0.5) is 0 Å². The Morgan fingerprint density at radius 2 is 1.59 bits per heavy atom. The van der Waals surface area contributed by atoms with E-state index in [1.807, 2.05) is 31.2 Å². The molecule has 0 amide bonds. The van der Waals surface area contributed by atoms with Crippen LogP contribution in [0.15, 0.2) is 48.8 Å². The standard InChI is InChI=1S/C14H14ClNO/c1-2-14(17,12-7-9-16-10-8-12)11-3-5-13(15)6-4-11/h3-10,17H,2H2,1H3/t14-/m1/s1. The molecule has 0 bridgehead atoms. The van der Waals surface area contributed by atoms with E-state index in [0.717, 1.165) is 11.1 Å². The smallest absolute Gasteiger partial charge is 0.114 e. The summed E-state index contributed by atoms with van der Waals surface area (Å²) in [7, 11) is 0. The minimum absolute atomic E-state index is 0.596. The minimum atomic E-state index is -0.979. The summed E-state index contributed by atoms with van der Waals surface area (Å²) in [6.45, 7) is 1.95. The van der Waals surface area contributed by atoms with Crippen LogP contribution in [-0.4, -0.2) is 10.1 Å². The number of aliphatic hydroxyl groups is 1. The molecule has 2 nitrogen and oxygen atoms in total. The van der Waals surface area contributed by atoms with Gasteiger partial charge >= 0.3 is 0 Å². The Bertz CT molecular complexity index is 483. The van der Waals surface area contributed by atoms with Crippen molar-refractivity contribution in [3.8, 4) is 0 Å². The maximum Gasteiger partial charge on any atom is 0.114 e. The summed E-state index contributed by atoms with van der Waals surface area (Å²) in [5.74, 6) is 0. The highest BCUT2D eigenvalue weighted by Crippen LogP contribution is 2.32.